The molecule has 0 saturated carbocycles. The Hall–Kier alpha value is -1.50. The highest BCUT2D eigenvalue weighted by Gasteiger charge is 2.43. The van der Waals surface area contributed by atoms with Gasteiger partial charge in [0, 0.05) is 0 Å². The maximum absolute atomic E-state index is 14.3. The van der Waals surface area contributed by atoms with Crippen LogP contribution in [0.3, 0.4) is 0 Å². The van der Waals surface area contributed by atoms with Gasteiger partial charge in [0.25, 0.3) is 0 Å². The number of hydrogen-bond acceptors (Lipinski definition) is 5. The lowest BCUT2D eigenvalue weighted by atomic mass is 9.97. The number of phosphoric acid groups is 1. The van der Waals surface area contributed by atoms with Gasteiger partial charge in [0.1, 0.15) is 12.4 Å². The third-order valence-electron chi connectivity index (χ3n) is 4.08. The van der Waals surface area contributed by atoms with Crippen LogP contribution in [0.1, 0.15) is 37.8 Å². The molecule has 0 radical (unpaired) electrons. The summed E-state index contributed by atoms with van der Waals surface area (Å²) in [5, 5.41) is 0. The van der Waals surface area contributed by atoms with Gasteiger partial charge in [-0.2, -0.15) is 8.78 Å². The van der Waals surface area contributed by atoms with Crippen molar-refractivity contribution in [2.45, 2.75) is 32.4 Å². The van der Waals surface area contributed by atoms with Gasteiger partial charge in [0.15, 0.2) is 17.3 Å². The highest BCUT2D eigenvalue weighted by Crippen LogP contribution is 2.50. The lowest BCUT2D eigenvalue weighted by Crippen LogP contribution is -3.69. The molecule has 2 unspecified atom stereocenters. The lowest BCUT2D eigenvalue weighted by molar-refractivity contribution is -1.25. The van der Waals surface area contributed by atoms with Crippen LogP contribution < -0.4 is 34.5 Å². The van der Waals surface area contributed by atoms with Crippen molar-refractivity contribution in [1.82, 2.24) is 0 Å². The van der Waals surface area contributed by atoms with Crippen LogP contribution in [0.4, 0.5) is 26.3 Å². The van der Waals surface area contributed by atoms with Crippen LogP contribution in [0, 0.1) is 23.3 Å². The first-order chi connectivity index (χ1) is 14.4. The molecule has 0 N–H and O–H groups in total. The molecule has 0 amide bonds. The molecule has 0 heterocycles. The Morgan fingerprint density at radius 1 is 1.03 bits per heavy atom. The molecular formula is C18H16F6IO5P. The standard InChI is InChI=1S/C18H16F6IO5P/c1-9(2)10-4-6-11(7-5-10)28-31(27,30-25-26)29-17-15(22)13(20)12(14(21)16(17)23)18(3,24)8-19/h4-7,9H,8H2,1-3H3. The summed E-state index contributed by atoms with van der Waals surface area (Å²) in [4.78, 5) is 0. The Kier molecular flexibility index (Phi) is 8.28. The van der Waals surface area contributed by atoms with Crippen molar-refractivity contribution in [2.75, 3.05) is 6.67 Å². The van der Waals surface area contributed by atoms with E-state index < -0.39 is 76.8 Å². The van der Waals surface area contributed by atoms with E-state index in [9.17, 15) is 34.3 Å². The van der Waals surface area contributed by atoms with Crippen molar-refractivity contribution in [3.05, 3.63) is 58.7 Å². The van der Waals surface area contributed by atoms with E-state index in [1.165, 1.54) is 12.1 Å². The summed E-state index contributed by atoms with van der Waals surface area (Å²) in [5.74, 6) is -11.2. The summed E-state index contributed by atoms with van der Waals surface area (Å²) < 4.78 is 121. The van der Waals surface area contributed by atoms with E-state index in [4.69, 9.17) is 4.52 Å². The summed E-state index contributed by atoms with van der Waals surface area (Å²) in [5.41, 5.74) is -4.40. The number of benzene rings is 2. The maximum atomic E-state index is 14.3. The Morgan fingerprint density at radius 3 is 1.97 bits per heavy atom. The van der Waals surface area contributed by atoms with Crippen LogP contribution in [-0.2, 0) is 13.1 Å². The van der Waals surface area contributed by atoms with Crippen LogP contribution in [0.25, 0.3) is 0 Å². The van der Waals surface area contributed by atoms with Crippen LogP contribution in [0.5, 0.6) is 11.5 Å². The average molecular weight is 584 g/mol. The molecule has 0 spiro atoms. The highest BCUT2D eigenvalue weighted by atomic mass is 127. The third-order valence-corrected chi connectivity index (χ3v) is 7.07. The van der Waals surface area contributed by atoms with Gasteiger partial charge in [-0.25, -0.2) is 22.1 Å². The minimum absolute atomic E-state index is 0.124. The van der Waals surface area contributed by atoms with Gasteiger partial charge in [-0.05, 0) is 33.4 Å². The molecule has 0 aliphatic heterocycles. The topological polar surface area (TPSA) is 67.8 Å². The molecule has 2 rings (SSSR count). The Bertz CT molecular complexity index is 957. The fourth-order valence-electron chi connectivity index (χ4n) is 2.45. The van der Waals surface area contributed by atoms with Gasteiger partial charge >= 0.3 is 29.9 Å². The first kappa shape index (κ1) is 25.8. The summed E-state index contributed by atoms with van der Waals surface area (Å²) in [6.07, 6.45) is 0. The van der Waals surface area contributed by atoms with E-state index in [0.717, 1.165) is 5.56 Å². The van der Waals surface area contributed by atoms with E-state index in [1.807, 2.05) is 13.8 Å². The number of hydrogen-bond donors (Lipinski definition) is 0. The summed E-state index contributed by atoms with van der Waals surface area (Å²) in [7, 11) is -5.10. The van der Waals surface area contributed by atoms with Crippen LogP contribution >= 0.6 is 7.82 Å². The van der Waals surface area contributed by atoms with Gasteiger partial charge in [0.2, 0.25) is 17.4 Å². The SMILES string of the molecule is CC(C)c1ccc(OP(=O)(O[I+][O-])Oc2c(F)c(F)c(C(C)(F)CF)c(F)c2F)cc1. The molecule has 13 heteroatoms. The third kappa shape index (κ3) is 5.65. The van der Waals surface area contributed by atoms with E-state index in [0.29, 0.717) is 6.92 Å². The fourth-order valence-corrected chi connectivity index (χ4v) is 4.45. The van der Waals surface area contributed by atoms with Gasteiger partial charge < -0.3 is 12.5 Å². The highest BCUT2D eigenvalue weighted by molar-refractivity contribution is 7.49. The molecule has 0 aliphatic carbocycles. The summed E-state index contributed by atoms with van der Waals surface area (Å²) in [6, 6.07) is 5.71. The Labute approximate surface area is 185 Å². The quantitative estimate of drug-likeness (QED) is 0.196. The lowest BCUT2D eigenvalue weighted by Gasteiger charge is -2.21. The molecular weight excluding hydrogens is 568 g/mol. The zero-order valence-electron chi connectivity index (χ0n) is 16.2. The largest absolute Gasteiger partial charge is 0.632 e. The molecule has 0 aliphatic rings. The monoisotopic (exact) mass is 584 g/mol. The van der Waals surface area contributed by atoms with E-state index >= 15 is 0 Å². The van der Waals surface area contributed by atoms with Crippen molar-refractivity contribution in [3.63, 3.8) is 0 Å². The molecule has 0 bridgehead atoms. The minimum atomic E-state index is -5.10. The first-order valence-corrected chi connectivity index (χ1v) is 11.7. The summed E-state index contributed by atoms with van der Waals surface area (Å²) >= 11 is -2.56. The van der Waals surface area contributed by atoms with Gasteiger partial charge in [-0.15, -0.1) is 0 Å². The molecule has 0 saturated heterocycles. The van der Waals surface area contributed by atoms with E-state index in [2.05, 4.69) is 7.38 Å². The van der Waals surface area contributed by atoms with Gasteiger partial charge in [-0.1, -0.05) is 26.0 Å². The molecule has 31 heavy (non-hydrogen) atoms. The molecule has 0 fully saturated rings. The Morgan fingerprint density at radius 2 is 1.55 bits per heavy atom. The fraction of sp³-hybridized carbons (Fsp3) is 0.333. The van der Waals surface area contributed by atoms with E-state index in [-0.39, 0.29) is 11.7 Å². The molecule has 2 aromatic carbocycles. The number of alkyl halides is 2. The van der Waals surface area contributed by atoms with Crippen LogP contribution in [-0.4, -0.2) is 6.67 Å². The minimum Gasteiger partial charge on any atom is -0.566 e. The number of phosphoric ester groups is 1. The van der Waals surface area contributed by atoms with Crippen LogP contribution in [0.15, 0.2) is 24.3 Å². The van der Waals surface area contributed by atoms with Crippen molar-refractivity contribution in [2.24, 2.45) is 0 Å². The number of halogens is 7. The van der Waals surface area contributed by atoms with Crippen LogP contribution in [0.2, 0.25) is 0 Å². The van der Waals surface area contributed by atoms with E-state index in [1.54, 1.807) is 12.1 Å². The second-order valence-electron chi connectivity index (χ2n) is 6.78. The molecule has 172 valence electrons. The molecule has 2 atom stereocenters. The normalized spacial score (nSPS) is 15.5. The van der Waals surface area contributed by atoms with Gasteiger partial charge in [-0.3, -0.25) is 0 Å². The van der Waals surface area contributed by atoms with Gasteiger partial charge in [0.05, 0.1) is 5.56 Å². The zero-order chi connectivity index (χ0) is 23.6. The van der Waals surface area contributed by atoms with Crippen molar-refractivity contribution in [1.29, 1.82) is 0 Å². The van der Waals surface area contributed by atoms with Crippen molar-refractivity contribution >= 4 is 7.82 Å². The zero-order valence-corrected chi connectivity index (χ0v) is 19.3. The molecule has 5 nitrogen and oxygen atoms in total. The second kappa shape index (κ2) is 9.97. The predicted octanol–water partition coefficient (Wildman–Crippen LogP) is 2.38. The first-order valence-electron chi connectivity index (χ1n) is 8.53. The summed E-state index contributed by atoms with van der Waals surface area (Å²) in [6.45, 7) is 2.16. The number of rotatable bonds is 9. The predicted molar refractivity (Wildman–Crippen MR) is 91.2 cm³/mol. The molecule has 2 aromatic rings. The Balaban J connectivity index is 2.48. The average Bonchev–Trinajstić information content (AvgIpc) is 2.70. The maximum Gasteiger partial charge on any atom is 0.632 e. The smallest absolute Gasteiger partial charge is 0.566 e. The van der Waals surface area contributed by atoms with Crippen molar-refractivity contribution in [3.8, 4) is 11.5 Å². The molecule has 0 aromatic heterocycles. The van der Waals surface area contributed by atoms with Crippen molar-refractivity contribution < 1.29 is 68.3 Å². The second-order valence-corrected chi connectivity index (χ2v) is 9.72.